The third-order valence-corrected chi connectivity index (χ3v) is 3.17. The number of carboxylic acid groups (broad SMARTS) is 1. The van der Waals surface area contributed by atoms with Gasteiger partial charge in [-0.25, -0.2) is 4.79 Å². The fourth-order valence-electron chi connectivity index (χ4n) is 1.97. The number of hydrogen-bond donors (Lipinski definition) is 1. The van der Waals surface area contributed by atoms with Crippen LogP contribution in [0.15, 0.2) is 24.3 Å². The first-order chi connectivity index (χ1) is 9.04. The number of hydrogen-bond acceptors (Lipinski definition) is 3. The van der Waals surface area contributed by atoms with Crippen molar-refractivity contribution in [1.29, 1.82) is 5.26 Å². The van der Waals surface area contributed by atoms with Gasteiger partial charge in [-0.05, 0) is 12.1 Å². The quantitative estimate of drug-likeness (QED) is 0.862. The number of carbonyl (C=O) groups excluding carboxylic acids is 1. The summed E-state index contributed by atoms with van der Waals surface area (Å²) in [6.45, 7) is 0.431. The Hall–Kier alpha value is -2.55. The van der Waals surface area contributed by atoms with Crippen LogP contribution in [-0.4, -0.2) is 42.1 Å². The van der Waals surface area contributed by atoms with Crippen molar-refractivity contribution in [3.05, 3.63) is 29.8 Å². The molecule has 1 fully saturated rings. The van der Waals surface area contributed by atoms with Gasteiger partial charge >= 0.3 is 12.0 Å². The molecule has 1 N–H and O–H groups in total. The number of urea groups is 1. The molecule has 0 spiro atoms. The van der Waals surface area contributed by atoms with Crippen LogP contribution < -0.4 is 4.90 Å². The van der Waals surface area contributed by atoms with Gasteiger partial charge in [-0.1, -0.05) is 12.1 Å². The Morgan fingerprint density at radius 2 is 2.05 bits per heavy atom. The van der Waals surface area contributed by atoms with Gasteiger partial charge in [-0.15, -0.1) is 0 Å². The summed E-state index contributed by atoms with van der Waals surface area (Å²) >= 11 is 0. The van der Waals surface area contributed by atoms with Crippen LogP contribution in [0.2, 0.25) is 0 Å². The predicted molar refractivity (Wildman–Crippen MR) is 67.7 cm³/mol. The molecular weight excluding hydrogens is 246 g/mol. The molecule has 2 amide bonds. The van der Waals surface area contributed by atoms with Gasteiger partial charge in [-0.3, -0.25) is 9.69 Å². The monoisotopic (exact) mass is 259 g/mol. The first-order valence-corrected chi connectivity index (χ1v) is 5.79. The van der Waals surface area contributed by atoms with Gasteiger partial charge in [0.2, 0.25) is 0 Å². The van der Waals surface area contributed by atoms with E-state index >= 15 is 0 Å². The summed E-state index contributed by atoms with van der Waals surface area (Å²) in [4.78, 5) is 25.6. The molecule has 0 aromatic heterocycles. The van der Waals surface area contributed by atoms with E-state index in [0.717, 1.165) is 0 Å². The van der Waals surface area contributed by atoms with Crippen LogP contribution in [0.1, 0.15) is 5.56 Å². The maximum Gasteiger partial charge on any atom is 0.324 e. The summed E-state index contributed by atoms with van der Waals surface area (Å²) in [5, 5.41) is 17.8. The molecule has 19 heavy (non-hydrogen) atoms. The van der Waals surface area contributed by atoms with Gasteiger partial charge in [0.05, 0.1) is 17.2 Å². The summed E-state index contributed by atoms with van der Waals surface area (Å²) < 4.78 is 0. The van der Waals surface area contributed by atoms with Gasteiger partial charge in [0.25, 0.3) is 0 Å². The molecule has 98 valence electrons. The van der Waals surface area contributed by atoms with Crippen molar-refractivity contribution in [3.63, 3.8) is 0 Å². The van der Waals surface area contributed by atoms with Crippen molar-refractivity contribution in [1.82, 2.24) is 4.90 Å². The van der Waals surface area contributed by atoms with E-state index in [1.165, 1.54) is 9.80 Å². The minimum absolute atomic E-state index is 0.216. The molecule has 6 nitrogen and oxygen atoms in total. The Kier molecular flexibility index (Phi) is 3.38. The molecule has 1 aliphatic rings. The number of likely N-dealkylation sites (tertiary alicyclic amines) is 1. The summed E-state index contributed by atoms with van der Waals surface area (Å²) in [5.74, 6) is -1.37. The summed E-state index contributed by atoms with van der Waals surface area (Å²) in [7, 11) is 1.58. The minimum Gasteiger partial charge on any atom is -0.481 e. The van der Waals surface area contributed by atoms with Crippen molar-refractivity contribution < 1.29 is 14.7 Å². The largest absolute Gasteiger partial charge is 0.481 e. The Bertz CT molecular complexity index is 558. The van der Waals surface area contributed by atoms with E-state index < -0.39 is 11.9 Å². The number of nitrogens with zero attached hydrogens (tertiary/aromatic N) is 3. The topological polar surface area (TPSA) is 84.6 Å². The first-order valence-electron chi connectivity index (χ1n) is 5.79. The Morgan fingerprint density at radius 1 is 1.42 bits per heavy atom. The number of anilines is 1. The van der Waals surface area contributed by atoms with Crippen molar-refractivity contribution in [2.75, 3.05) is 25.0 Å². The molecule has 0 saturated carbocycles. The lowest BCUT2D eigenvalue weighted by Gasteiger charge is -2.39. The van der Waals surface area contributed by atoms with Crippen LogP contribution in [0.3, 0.4) is 0 Å². The van der Waals surface area contributed by atoms with Crippen LogP contribution in [0, 0.1) is 17.2 Å². The minimum atomic E-state index is -0.885. The lowest BCUT2D eigenvalue weighted by Crippen LogP contribution is -2.56. The van der Waals surface area contributed by atoms with E-state index in [0.29, 0.717) is 11.3 Å². The third kappa shape index (κ3) is 2.36. The standard InChI is InChI=1S/C13H13N3O3/c1-15(11-5-3-2-4-9(11)6-14)13(19)16-7-10(8-16)12(17)18/h2-5,10H,7-8H2,1H3,(H,17,18). The molecule has 0 unspecified atom stereocenters. The van der Waals surface area contributed by atoms with Gasteiger partial charge in [0.15, 0.2) is 0 Å². The summed E-state index contributed by atoms with van der Waals surface area (Å²) in [6, 6.07) is 8.53. The van der Waals surface area contributed by atoms with E-state index in [9.17, 15) is 9.59 Å². The molecule has 1 aromatic carbocycles. The lowest BCUT2D eigenvalue weighted by molar-refractivity contribution is -0.145. The lowest BCUT2D eigenvalue weighted by atomic mass is 10.0. The molecule has 0 aliphatic carbocycles. The van der Waals surface area contributed by atoms with E-state index in [-0.39, 0.29) is 19.1 Å². The number of aliphatic carboxylic acids is 1. The molecule has 0 bridgehead atoms. The number of nitriles is 1. The third-order valence-electron chi connectivity index (χ3n) is 3.17. The van der Waals surface area contributed by atoms with E-state index in [4.69, 9.17) is 10.4 Å². The normalized spacial score (nSPS) is 14.4. The molecule has 1 saturated heterocycles. The van der Waals surface area contributed by atoms with Crippen LogP contribution >= 0.6 is 0 Å². The number of para-hydroxylation sites is 1. The zero-order valence-electron chi connectivity index (χ0n) is 10.4. The highest BCUT2D eigenvalue weighted by molar-refractivity contribution is 5.94. The molecule has 1 aliphatic heterocycles. The Morgan fingerprint density at radius 3 is 2.63 bits per heavy atom. The highest BCUT2D eigenvalue weighted by atomic mass is 16.4. The molecule has 1 heterocycles. The Balaban J connectivity index is 2.09. The number of benzene rings is 1. The van der Waals surface area contributed by atoms with Crippen LogP contribution in [0.5, 0.6) is 0 Å². The van der Waals surface area contributed by atoms with E-state index in [1.807, 2.05) is 6.07 Å². The average molecular weight is 259 g/mol. The van der Waals surface area contributed by atoms with Crippen molar-refractivity contribution in [2.24, 2.45) is 5.92 Å². The van der Waals surface area contributed by atoms with Gasteiger partial charge in [0.1, 0.15) is 6.07 Å². The SMILES string of the molecule is CN(C(=O)N1CC(C(=O)O)C1)c1ccccc1C#N. The zero-order chi connectivity index (χ0) is 14.0. The maximum atomic E-state index is 12.1. The maximum absolute atomic E-state index is 12.1. The Labute approximate surface area is 110 Å². The second kappa shape index (κ2) is 4.98. The molecule has 6 heteroatoms. The fourth-order valence-corrected chi connectivity index (χ4v) is 1.97. The smallest absolute Gasteiger partial charge is 0.324 e. The van der Waals surface area contributed by atoms with Crippen molar-refractivity contribution in [2.45, 2.75) is 0 Å². The molecule has 1 aromatic rings. The molecule has 0 radical (unpaired) electrons. The second-order valence-electron chi connectivity index (χ2n) is 4.41. The zero-order valence-corrected chi connectivity index (χ0v) is 10.4. The summed E-state index contributed by atoms with van der Waals surface area (Å²) in [6.07, 6.45) is 0. The van der Waals surface area contributed by atoms with Crippen LogP contribution in [0.4, 0.5) is 10.5 Å². The number of carbonyl (C=O) groups is 2. The van der Waals surface area contributed by atoms with Crippen LogP contribution in [-0.2, 0) is 4.79 Å². The van der Waals surface area contributed by atoms with E-state index in [1.54, 1.807) is 31.3 Å². The van der Waals surface area contributed by atoms with E-state index in [2.05, 4.69) is 0 Å². The average Bonchev–Trinajstić information content (AvgIpc) is 2.35. The first kappa shape index (κ1) is 12.9. The highest BCUT2D eigenvalue weighted by Crippen LogP contribution is 2.23. The van der Waals surface area contributed by atoms with Crippen molar-refractivity contribution >= 4 is 17.7 Å². The van der Waals surface area contributed by atoms with Crippen molar-refractivity contribution in [3.8, 4) is 6.07 Å². The van der Waals surface area contributed by atoms with Gasteiger partial charge < -0.3 is 10.0 Å². The number of carboxylic acids is 1. The predicted octanol–water partition coefficient (Wildman–Crippen LogP) is 1.13. The molecule has 2 rings (SSSR count). The highest BCUT2D eigenvalue weighted by Gasteiger charge is 2.37. The number of amides is 2. The van der Waals surface area contributed by atoms with Gasteiger partial charge in [-0.2, -0.15) is 5.26 Å². The molecule has 0 atom stereocenters. The summed E-state index contributed by atoms with van der Waals surface area (Å²) in [5.41, 5.74) is 0.933. The fraction of sp³-hybridized carbons (Fsp3) is 0.308. The van der Waals surface area contributed by atoms with Gasteiger partial charge in [0, 0.05) is 20.1 Å². The van der Waals surface area contributed by atoms with Crippen LogP contribution in [0.25, 0.3) is 0 Å². The molecular formula is C13H13N3O3. The second-order valence-corrected chi connectivity index (χ2v) is 4.41. The number of rotatable bonds is 2.